The molecule has 0 bridgehead atoms. The van der Waals surface area contributed by atoms with Gasteiger partial charge in [0.1, 0.15) is 11.4 Å². The third kappa shape index (κ3) is 4.55. The van der Waals surface area contributed by atoms with E-state index in [9.17, 15) is 9.59 Å². The molecule has 3 heterocycles. The van der Waals surface area contributed by atoms with E-state index in [0.29, 0.717) is 42.0 Å². The fourth-order valence-electron chi connectivity index (χ4n) is 4.57. The summed E-state index contributed by atoms with van der Waals surface area (Å²) in [4.78, 5) is 31.8. The summed E-state index contributed by atoms with van der Waals surface area (Å²) in [6, 6.07) is 10.1. The van der Waals surface area contributed by atoms with Crippen LogP contribution in [0, 0.1) is 5.82 Å². The molecule has 1 aliphatic heterocycles. The predicted octanol–water partition coefficient (Wildman–Crippen LogP) is 6.60. The fourth-order valence-corrected chi connectivity index (χ4v) is 5.61. The lowest BCUT2D eigenvalue weighted by Crippen LogP contribution is -2.36. The zero-order valence-corrected chi connectivity index (χ0v) is 21.5. The maximum absolute atomic E-state index is 15.3. The molecule has 7 nitrogen and oxygen atoms in total. The van der Waals surface area contributed by atoms with Crippen LogP contribution in [0.5, 0.6) is 0 Å². The maximum Gasteiger partial charge on any atom is 0.410 e. The minimum Gasteiger partial charge on any atom is -0.462 e. The molecule has 2 aromatic carbocycles. The number of fused-ring (bicyclic) bond motifs is 3. The van der Waals surface area contributed by atoms with Crippen molar-refractivity contribution in [1.82, 2.24) is 14.3 Å². The number of imidazole rings is 1. The summed E-state index contributed by atoms with van der Waals surface area (Å²) in [6.07, 6.45) is 2.94. The summed E-state index contributed by atoms with van der Waals surface area (Å²) < 4.78 is 28.8. The summed E-state index contributed by atoms with van der Waals surface area (Å²) in [5.74, 6) is -0.720. The number of thiazole rings is 1. The zero-order valence-electron chi connectivity index (χ0n) is 20.7. The largest absolute Gasteiger partial charge is 0.462 e. The summed E-state index contributed by atoms with van der Waals surface area (Å²) in [5, 5.41) is 0. The standard InChI is InChI=1S/C27H28FN3O4S/c1-5-34-24(32)17-9-11-22-23(14-17)36-25-29-20(15-31(22)25)16-8-10-18(19(28)13-16)21-7-6-12-30(21)26(33)35-27(2,3)4/h8-11,13-15,21H,5-7,12H2,1-4H3. The molecule has 2 aromatic heterocycles. The van der Waals surface area contributed by atoms with Crippen molar-refractivity contribution in [1.29, 1.82) is 0 Å². The lowest BCUT2D eigenvalue weighted by Gasteiger charge is -2.29. The Morgan fingerprint density at radius 1 is 1.19 bits per heavy atom. The molecule has 9 heteroatoms. The molecule has 0 aliphatic carbocycles. The van der Waals surface area contributed by atoms with E-state index in [1.807, 2.05) is 43.5 Å². The summed E-state index contributed by atoms with van der Waals surface area (Å²) in [7, 11) is 0. The van der Waals surface area contributed by atoms with Crippen molar-refractivity contribution in [2.75, 3.05) is 13.2 Å². The van der Waals surface area contributed by atoms with Crippen LogP contribution < -0.4 is 0 Å². The Morgan fingerprint density at radius 2 is 2.00 bits per heavy atom. The molecular weight excluding hydrogens is 481 g/mol. The molecular formula is C27H28FN3O4S. The fraction of sp³-hybridized carbons (Fsp3) is 0.370. The molecule has 1 aliphatic rings. The van der Waals surface area contributed by atoms with E-state index in [-0.39, 0.29) is 17.8 Å². The van der Waals surface area contributed by atoms with Crippen LogP contribution in [0.15, 0.2) is 42.6 Å². The van der Waals surface area contributed by atoms with Crippen LogP contribution in [-0.4, -0.2) is 45.1 Å². The predicted molar refractivity (Wildman–Crippen MR) is 137 cm³/mol. The minimum atomic E-state index is -0.606. The highest BCUT2D eigenvalue weighted by molar-refractivity contribution is 7.23. The highest BCUT2D eigenvalue weighted by Crippen LogP contribution is 2.36. The van der Waals surface area contributed by atoms with Crippen molar-refractivity contribution in [2.24, 2.45) is 0 Å². The Hall–Kier alpha value is -3.46. The number of amides is 1. The second kappa shape index (κ2) is 9.20. The van der Waals surface area contributed by atoms with Crippen molar-refractivity contribution < 1.29 is 23.5 Å². The van der Waals surface area contributed by atoms with E-state index < -0.39 is 11.7 Å². The second-order valence-electron chi connectivity index (χ2n) is 9.85. The van der Waals surface area contributed by atoms with Crippen LogP contribution in [0.3, 0.4) is 0 Å². The van der Waals surface area contributed by atoms with Crippen molar-refractivity contribution in [3.63, 3.8) is 0 Å². The van der Waals surface area contributed by atoms with Gasteiger partial charge in [0, 0.05) is 23.9 Å². The van der Waals surface area contributed by atoms with Gasteiger partial charge in [-0.1, -0.05) is 23.5 Å². The van der Waals surface area contributed by atoms with E-state index in [2.05, 4.69) is 0 Å². The number of aromatic nitrogens is 2. The molecule has 0 saturated carbocycles. The average Bonchev–Trinajstić information content (AvgIpc) is 3.52. The molecule has 1 fully saturated rings. The Bertz CT molecular complexity index is 1470. The van der Waals surface area contributed by atoms with Gasteiger partial charge in [0.2, 0.25) is 0 Å². The second-order valence-corrected chi connectivity index (χ2v) is 10.9. The topological polar surface area (TPSA) is 73.1 Å². The first-order valence-corrected chi connectivity index (χ1v) is 12.8. The Kier molecular flexibility index (Phi) is 6.20. The number of nitrogens with zero attached hydrogens (tertiary/aromatic N) is 3. The molecule has 0 radical (unpaired) electrons. The van der Waals surface area contributed by atoms with Crippen molar-refractivity contribution in [2.45, 2.75) is 52.2 Å². The smallest absolute Gasteiger partial charge is 0.410 e. The Balaban J connectivity index is 1.42. The molecule has 5 rings (SSSR count). The summed E-state index contributed by atoms with van der Waals surface area (Å²) >= 11 is 1.45. The number of hydrogen-bond donors (Lipinski definition) is 0. The van der Waals surface area contributed by atoms with Crippen LogP contribution in [0.2, 0.25) is 0 Å². The number of halogens is 1. The van der Waals surface area contributed by atoms with Crippen molar-refractivity contribution in [3.8, 4) is 11.3 Å². The molecule has 1 saturated heterocycles. The number of rotatable bonds is 4. The molecule has 1 amide bonds. The lowest BCUT2D eigenvalue weighted by atomic mass is 10.0. The quantitative estimate of drug-likeness (QED) is 0.290. The molecule has 36 heavy (non-hydrogen) atoms. The Labute approximate surface area is 212 Å². The molecule has 188 valence electrons. The van der Waals surface area contributed by atoms with Gasteiger partial charge >= 0.3 is 12.1 Å². The normalized spacial score (nSPS) is 16.1. The van der Waals surface area contributed by atoms with E-state index in [4.69, 9.17) is 14.5 Å². The summed E-state index contributed by atoms with van der Waals surface area (Å²) in [5.41, 5.74) is 2.60. The third-order valence-electron chi connectivity index (χ3n) is 6.14. The number of hydrogen-bond acceptors (Lipinski definition) is 6. The van der Waals surface area contributed by atoms with E-state index >= 15 is 4.39 Å². The van der Waals surface area contributed by atoms with E-state index in [1.54, 1.807) is 30.0 Å². The highest BCUT2D eigenvalue weighted by atomic mass is 32.1. The Morgan fingerprint density at radius 3 is 2.72 bits per heavy atom. The number of carbonyl (C=O) groups is 2. The van der Waals surface area contributed by atoms with Crippen LogP contribution in [0.4, 0.5) is 9.18 Å². The maximum atomic E-state index is 15.3. The van der Waals surface area contributed by atoms with E-state index in [1.165, 1.54) is 17.4 Å². The van der Waals surface area contributed by atoms with Crippen LogP contribution in [0.25, 0.3) is 26.4 Å². The number of esters is 1. The third-order valence-corrected chi connectivity index (χ3v) is 7.16. The monoisotopic (exact) mass is 509 g/mol. The first-order valence-electron chi connectivity index (χ1n) is 12.0. The van der Waals surface area contributed by atoms with Crippen molar-refractivity contribution >= 4 is 38.6 Å². The van der Waals surface area contributed by atoms with Crippen molar-refractivity contribution in [3.05, 3.63) is 59.5 Å². The molecule has 1 unspecified atom stereocenters. The summed E-state index contributed by atoms with van der Waals surface area (Å²) in [6.45, 7) is 8.11. The molecule has 0 spiro atoms. The van der Waals surface area contributed by atoms with E-state index in [0.717, 1.165) is 21.6 Å². The first kappa shape index (κ1) is 24.2. The zero-order chi connectivity index (χ0) is 25.6. The van der Waals surface area contributed by atoms with Gasteiger partial charge in [-0.25, -0.2) is 19.0 Å². The van der Waals surface area contributed by atoms with Gasteiger partial charge in [-0.05, 0) is 64.8 Å². The van der Waals surface area contributed by atoms with Crippen LogP contribution in [0.1, 0.15) is 62.5 Å². The SMILES string of the molecule is CCOC(=O)c1ccc2c(c1)sc1nc(-c3ccc(C4CCCN4C(=O)OC(C)(C)C)c(F)c3)cn12. The van der Waals surface area contributed by atoms with Gasteiger partial charge in [-0.3, -0.25) is 4.40 Å². The number of likely N-dealkylation sites (tertiary alicyclic amines) is 1. The number of carbonyl (C=O) groups excluding carboxylic acids is 2. The van der Waals surface area contributed by atoms with Gasteiger partial charge in [0.15, 0.2) is 4.96 Å². The average molecular weight is 510 g/mol. The van der Waals surface area contributed by atoms with Gasteiger partial charge in [-0.2, -0.15) is 0 Å². The molecule has 0 N–H and O–H groups in total. The van der Waals surface area contributed by atoms with Gasteiger partial charge < -0.3 is 14.4 Å². The lowest BCUT2D eigenvalue weighted by molar-refractivity contribution is 0.0222. The number of benzene rings is 2. The van der Waals surface area contributed by atoms with Gasteiger partial charge in [0.05, 0.1) is 34.1 Å². The van der Waals surface area contributed by atoms with Crippen LogP contribution >= 0.6 is 11.3 Å². The number of ether oxygens (including phenoxy) is 2. The molecule has 4 aromatic rings. The highest BCUT2D eigenvalue weighted by Gasteiger charge is 2.34. The van der Waals surface area contributed by atoms with Gasteiger partial charge in [-0.15, -0.1) is 0 Å². The van der Waals surface area contributed by atoms with Gasteiger partial charge in [0.25, 0.3) is 0 Å². The van der Waals surface area contributed by atoms with Crippen LogP contribution in [-0.2, 0) is 9.47 Å². The first-order chi connectivity index (χ1) is 17.1. The molecule has 1 atom stereocenters. The minimum absolute atomic E-state index is 0.323.